The molecule has 0 amide bonds. The van der Waals surface area contributed by atoms with Gasteiger partial charge in [-0.1, -0.05) is 18.2 Å². The van der Waals surface area contributed by atoms with Crippen molar-refractivity contribution in [1.82, 2.24) is 0 Å². The zero-order chi connectivity index (χ0) is 9.26. The Hall–Kier alpha value is -1.02. The molecule has 1 aliphatic heterocycles. The Kier molecular flexibility index (Phi) is 2.23. The second-order valence-electron chi connectivity index (χ2n) is 3.52. The molecule has 2 nitrogen and oxygen atoms in total. The van der Waals surface area contributed by atoms with Crippen molar-refractivity contribution in [2.24, 2.45) is 0 Å². The van der Waals surface area contributed by atoms with Crippen LogP contribution in [0.3, 0.4) is 0 Å². The predicted octanol–water partition coefficient (Wildman–Crippen LogP) is 1.93. The molecule has 0 radical (unpaired) electrons. The highest BCUT2D eigenvalue weighted by atomic mass is 16.5. The van der Waals surface area contributed by atoms with Gasteiger partial charge in [-0.15, -0.1) is 0 Å². The van der Waals surface area contributed by atoms with Crippen molar-refractivity contribution >= 4 is 0 Å². The van der Waals surface area contributed by atoms with Crippen LogP contribution in [0.4, 0.5) is 0 Å². The second-order valence-corrected chi connectivity index (χ2v) is 3.52. The van der Waals surface area contributed by atoms with Crippen molar-refractivity contribution in [3.05, 3.63) is 29.8 Å². The van der Waals surface area contributed by atoms with E-state index in [-0.39, 0.29) is 12.0 Å². The van der Waals surface area contributed by atoms with E-state index in [4.69, 9.17) is 4.74 Å². The molecule has 0 spiro atoms. The fourth-order valence-corrected chi connectivity index (χ4v) is 1.87. The second kappa shape index (κ2) is 3.38. The fraction of sp³-hybridized carbons (Fsp3) is 0.455. The van der Waals surface area contributed by atoms with Crippen molar-refractivity contribution in [1.29, 1.82) is 0 Å². The van der Waals surface area contributed by atoms with Gasteiger partial charge in [-0.25, -0.2) is 0 Å². The van der Waals surface area contributed by atoms with Crippen LogP contribution in [0.5, 0.6) is 5.75 Å². The molecule has 2 rings (SSSR count). The SMILES string of the molecule is C[C@H](O)C1CCOc2ccccc21. The summed E-state index contributed by atoms with van der Waals surface area (Å²) in [6, 6.07) is 7.95. The average Bonchev–Trinajstić information content (AvgIpc) is 2.17. The molecule has 1 aliphatic rings. The first-order chi connectivity index (χ1) is 6.29. The van der Waals surface area contributed by atoms with E-state index < -0.39 is 0 Å². The van der Waals surface area contributed by atoms with Crippen molar-refractivity contribution in [2.45, 2.75) is 25.4 Å². The number of ether oxygens (including phenoxy) is 1. The van der Waals surface area contributed by atoms with Gasteiger partial charge in [-0.05, 0) is 25.0 Å². The minimum Gasteiger partial charge on any atom is -0.493 e. The molecule has 1 unspecified atom stereocenters. The number of hydrogen-bond acceptors (Lipinski definition) is 2. The lowest BCUT2D eigenvalue weighted by molar-refractivity contribution is 0.132. The molecule has 0 saturated heterocycles. The summed E-state index contributed by atoms with van der Waals surface area (Å²) in [5.41, 5.74) is 1.14. The molecule has 0 fully saturated rings. The number of hydrogen-bond donors (Lipinski definition) is 1. The van der Waals surface area contributed by atoms with E-state index >= 15 is 0 Å². The van der Waals surface area contributed by atoms with E-state index in [0.29, 0.717) is 6.61 Å². The molecule has 1 heterocycles. The van der Waals surface area contributed by atoms with Gasteiger partial charge in [0.1, 0.15) is 5.75 Å². The third kappa shape index (κ3) is 1.54. The minimum absolute atomic E-state index is 0.241. The van der Waals surface area contributed by atoms with E-state index in [1.807, 2.05) is 31.2 Å². The normalized spacial score (nSPS) is 23.1. The van der Waals surface area contributed by atoms with Crippen LogP contribution in [0.1, 0.15) is 24.8 Å². The van der Waals surface area contributed by atoms with Crippen molar-refractivity contribution < 1.29 is 9.84 Å². The summed E-state index contributed by atoms with van der Waals surface area (Å²) in [6.07, 6.45) is 0.624. The highest BCUT2D eigenvalue weighted by molar-refractivity contribution is 5.38. The minimum atomic E-state index is -0.287. The molecule has 0 saturated carbocycles. The van der Waals surface area contributed by atoms with Gasteiger partial charge in [0, 0.05) is 5.92 Å². The molecule has 0 bridgehead atoms. The van der Waals surface area contributed by atoms with Crippen molar-refractivity contribution in [3.63, 3.8) is 0 Å². The summed E-state index contributed by atoms with van der Waals surface area (Å²) in [5.74, 6) is 1.17. The van der Waals surface area contributed by atoms with Gasteiger partial charge < -0.3 is 9.84 Å². The number of aliphatic hydroxyl groups is 1. The van der Waals surface area contributed by atoms with Crippen molar-refractivity contribution in [2.75, 3.05) is 6.61 Å². The molecule has 70 valence electrons. The Morgan fingerprint density at radius 1 is 1.46 bits per heavy atom. The first-order valence-corrected chi connectivity index (χ1v) is 4.69. The number of aliphatic hydroxyl groups excluding tert-OH is 1. The van der Waals surface area contributed by atoms with E-state index in [1.165, 1.54) is 0 Å². The number of rotatable bonds is 1. The summed E-state index contributed by atoms with van der Waals surface area (Å²) in [6.45, 7) is 2.55. The summed E-state index contributed by atoms with van der Waals surface area (Å²) in [4.78, 5) is 0. The summed E-state index contributed by atoms with van der Waals surface area (Å²) >= 11 is 0. The molecular formula is C11H14O2. The van der Waals surface area contributed by atoms with E-state index in [9.17, 15) is 5.11 Å². The first kappa shape index (κ1) is 8.57. The molecule has 2 heteroatoms. The van der Waals surface area contributed by atoms with Gasteiger partial charge in [-0.2, -0.15) is 0 Å². The van der Waals surface area contributed by atoms with Crippen LogP contribution in [-0.4, -0.2) is 17.8 Å². The topological polar surface area (TPSA) is 29.5 Å². The number of fused-ring (bicyclic) bond motifs is 1. The molecule has 1 aromatic carbocycles. The Morgan fingerprint density at radius 3 is 3.00 bits per heavy atom. The van der Waals surface area contributed by atoms with E-state index in [2.05, 4.69) is 0 Å². The lowest BCUT2D eigenvalue weighted by Gasteiger charge is -2.27. The number of benzene rings is 1. The smallest absolute Gasteiger partial charge is 0.122 e. The Morgan fingerprint density at radius 2 is 2.23 bits per heavy atom. The van der Waals surface area contributed by atoms with Gasteiger partial charge in [0.2, 0.25) is 0 Å². The van der Waals surface area contributed by atoms with Crippen LogP contribution in [-0.2, 0) is 0 Å². The molecular weight excluding hydrogens is 164 g/mol. The number of para-hydroxylation sites is 1. The van der Waals surface area contributed by atoms with Crippen LogP contribution in [0, 0.1) is 0 Å². The first-order valence-electron chi connectivity index (χ1n) is 4.69. The Bertz CT molecular complexity index is 294. The molecule has 13 heavy (non-hydrogen) atoms. The largest absolute Gasteiger partial charge is 0.493 e. The lowest BCUT2D eigenvalue weighted by atomic mass is 9.89. The van der Waals surface area contributed by atoms with Crippen LogP contribution in [0.25, 0.3) is 0 Å². The van der Waals surface area contributed by atoms with Gasteiger partial charge in [0.25, 0.3) is 0 Å². The van der Waals surface area contributed by atoms with Gasteiger partial charge in [-0.3, -0.25) is 0 Å². The van der Waals surface area contributed by atoms with Crippen LogP contribution in [0.15, 0.2) is 24.3 Å². The molecule has 1 N–H and O–H groups in total. The highest BCUT2D eigenvalue weighted by Gasteiger charge is 2.24. The quantitative estimate of drug-likeness (QED) is 0.712. The monoisotopic (exact) mass is 178 g/mol. The predicted molar refractivity (Wildman–Crippen MR) is 51.0 cm³/mol. The van der Waals surface area contributed by atoms with Crippen LogP contribution in [0.2, 0.25) is 0 Å². The third-order valence-electron chi connectivity index (χ3n) is 2.59. The standard InChI is InChI=1S/C11H14O2/c1-8(12)9-6-7-13-11-5-3-2-4-10(9)11/h2-5,8-9,12H,6-7H2,1H3/t8-,9?/m0/s1. The average molecular weight is 178 g/mol. The zero-order valence-corrected chi connectivity index (χ0v) is 7.73. The third-order valence-corrected chi connectivity index (χ3v) is 2.59. The van der Waals surface area contributed by atoms with E-state index in [0.717, 1.165) is 17.7 Å². The van der Waals surface area contributed by atoms with Crippen LogP contribution < -0.4 is 4.74 Å². The zero-order valence-electron chi connectivity index (χ0n) is 7.73. The maximum absolute atomic E-state index is 9.57. The summed E-state index contributed by atoms with van der Waals surface area (Å²) in [7, 11) is 0. The van der Waals surface area contributed by atoms with Gasteiger partial charge in [0.15, 0.2) is 0 Å². The Balaban J connectivity index is 2.37. The maximum atomic E-state index is 9.57. The van der Waals surface area contributed by atoms with Gasteiger partial charge >= 0.3 is 0 Å². The maximum Gasteiger partial charge on any atom is 0.122 e. The molecule has 1 aromatic rings. The molecule has 0 aromatic heterocycles. The molecule has 2 atom stereocenters. The molecule has 0 aliphatic carbocycles. The summed E-state index contributed by atoms with van der Waals surface area (Å²) < 4.78 is 5.49. The van der Waals surface area contributed by atoms with Gasteiger partial charge in [0.05, 0.1) is 12.7 Å². The highest BCUT2D eigenvalue weighted by Crippen LogP contribution is 2.35. The van der Waals surface area contributed by atoms with Crippen molar-refractivity contribution in [3.8, 4) is 5.75 Å². The van der Waals surface area contributed by atoms with E-state index in [1.54, 1.807) is 0 Å². The Labute approximate surface area is 78.2 Å². The lowest BCUT2D eigenvalue weighted by Crippen LogP contribution is -2.22. The summed E-state index contributed by atoms with van der Waals surface area (Å²) in [5, 5.41) is 9.57. The van der Waals surface area contributed by atoms with Crippen LogP contribution >= 0.6 is 0 Å². The fourth-order valence-electron chi connectivity index (χ4n) is 1.87.